The third-order valence-electron chi connectivity index (χ3n) is 2.93. The molecule has 0 aliphatic rings. The van der Waals surface area contributed by atoms with Gasteiger partial charge in [-0.1, -0.05) is 38.1 Å². The average molecular weight is 322 g/mol. The molecule has 1 heterocycles. The first-order valence-corrected chi connectivity index (χ1v) is 6.88. The van der Waals surface area contributed by atoms with Crippen molar-refractivity contribution in [3.8, 4) is 11.3 Å². The minimum Gasteiger partial charge on any atom is -0.368 e. The molecular formula is C14H16BrN3O. The van der Waals surface area contributed by atoms with E-state index in [0.717, 1.165) is 11.3 Å². The van der Waals surface area contributed by atoms with E-state index in [-0.39, 0.29) is 12.5 Å². The number of hydrogen-bond acceptors (Lipinski definition) is 2. The van der Waals surface area contributed by atoms with Crippen LogP contribution in [0.4, 0.5) is 0 Å². The van der Waals surface area contributed by atoms with Crippen molar-refractivity contribution in [3.05, 3.63) is 40.8 Å². The van der Waals surface area contributed by atoms with Crippen molar-refractivity contribution in [3.63, 3.8) is 0 Å². The molecule has 1 amide bonds. The highest BCUT2D eigenvalue weighted by Gasteiger charge is 2.09. The summed E-state index contributed by atoms with van der Waals surface area (Å²) in [5.74, 6) is 0.119. The first kappa shape index (κ1) is 13.8. The van der Waals surface area contributed by atoms with Crippen molar-refractivity contribution >= 4 is 21.8 Å². The number of primary amides is 1. The van der Waals surface area contributed by atoms with E-state index in [0.29, 0.717) is 10.7 Å². The Hall–Kier alpha value is -1.62. The Labute approximate surface area is 120 Å². The van der Waals surface area contributed by atoms with E-state index in [1.165, 1.54) is 5.56 Å². The topological polar surface area (TPSA) is 60.9 Å². The average Bonchev–Trinajstić information content (AvgIpc) is 2.70. The van der Waals surface area contributed by atoms with E-state index >= 15 is 0 Å². The lowest BCUT2D eigenvalue weighted by atomic mass is 10.0. The van der Waals surface area contributed by atoms with Crippen molar-refractivity contribution in [2.45, 2.75) is 26.3 Å². The molecule has 0 unspecified atom stereocenters. The Kier molecular flexibility index (Phi) is 4.04. The van der Waals surface area contributed by atoms with Gasteiger partial charge in [0.05, 0.1) is 5.69 Å². The Morgan fingerprint density at radius 1 is 1.37 bits per heavy atom. The number of rotatable bonds is 4. The van der Waals surface area contributed by atoms with Crippen LogP contribution in [0, 0.1) is 0 Å². The normalized spacial score (nSPS) is 10.9. The van der Waals surface area contributed by atoms with Gasteiger partial charge < -0.3 is 10.3 Å². The number of halogens is 1. The van der Waals surface area contributed by atoms with Gasteiger partial charge in [0, 0.05) is 11.8 Å². The van der Waals surface area contributed by atoms with Crippen LogP contribution in [0.2, 0.25) is 0 Å². The first-order valence-electron chi connectivity index (χ1n) is 6.08. The molecule has 0 fully saturated rings. The molecule has 0 aliphatic carbocycles. The second kappa shape index (κ2) is 5.57. The molecule has 0 atom stereocenters. The van der Waals surface area contributed by atoms with E-state index in [2.05, 4.69) is 46.9 Å². The highest BCUT2D eigenvalue weighted by atomic mass is 79.9. The SMILES string of the molecule is CC(C)c1ccc(-c2cn(CC(N)=O)c(Br)n2)cc1. The van der Waals surface area contributed by atoms with Gasteiger partial charge in [0.1, 0.15) is 6.54 Å². The number of benzene rings is 1. The minimum absolute atomic E-state index is 0.123. The summed E-state index contributed by atoms with van der Waals surface area (Å²) < 4.78 is 2.29. The molecule has 0 saturated heterocycles. The van der Waals surface area contributed by atoms with Crippen LogP contribution in [0.15, 0.2) is 35.2 Å². The van der Waals surface area contributed by atoms with Crippen LogP contribution in [0.5, 0.6) is 0 Å². The van der Waals surface area contributed by atoms with Crippen LogP contribution < -0.4 is 5.73 Å². The molecule has 0 bridgehead atoms. The smallest absolute Gasteiger partial charge is 0.237 e. The standard InChI is InChI=1S/C14H16BrN3O/c1-9(2)10-3-5-11(6-4-10)12-7-18(8-13(16)19)14(15)17-12/h3-7,9H,8H2,1-2H3,(H2,16,19). The van der Waals surface area contributed by atoms with Gasteiger partial charge in [0.2, 0.25) is 5.91 Å². The van der Waals surface area contributed by atoms with Crippen molar-refractivity contribution in [1.29, 1.82) is 0 Å². The molecule has 100 valence electrons. The number of imidazole rings is 1. The van der Waals surface area contributed by atoms with Crippen LogP contribution in [-0.2, 0) is 11.3 Å². The summed E-state index contributed by atoms with van der Waals surface area (Å²) >= 11 is 3.32. The van der Waals surface area contributed by atoms with Gasteiger partial charge in [-0.3, -0.25) is 4.79 Å². The Bertz CT molecular complexity index is 587. The maximum absolute atomic E-state index is 10.9. The van der Waals surface area contributed by atoms with E-state index in [1.54, 1.807) is 4.57 Å². The van der Waals surface area contributed by atoms with E-state index < -0.39 is 0 Å². The Morgan fingerprint density at radius 2 is 2.00 bits per heavy atom. The van der Waals surface area contributed by atoms with Crippen molar-refractivity contribution < 1.29 is 4.79 Å². The molecule has 1 aromatic carbocycles. The quantitative estimate of drug-likeness (QED) is 0.941. The monoisotopic (exact) mass is 321 g/mol. The molecule has 5 heteroatoms. The van der Waals surface area contributed by atoms with Crippen LogP contribution in [0.25, 0.3) is 11.3 Å². The number of hydrogen-bond donors (Lipinski definition) is 1. The zero-order valence-corrected chi connectivity index (χ0v) is 12.5. The van der Waals surface area contributed by atoms with Crippen molar-refractivity contribution in [2.24, 2.45) is 5.73 Å². The van der Waals surface area contributed by atoms with Gasteiger partial charge >= 0.3 is 0 Å². The minimum atomic E-state index is -0.389. The summed E-state index contributed by atoms with van der Waals surface area (Å²) in [5, 5.41) is 0. The molecule has 0 radical (unpaired) electrons. The summed E-state index contributed by atoms with van der Waals surface area (Å²) in [7, 11) is 0. The summed E-state index contributed by atoms with van der Waals surface area (Å²) in [6.45, 7) is 4.44. The first-order chi connectivity index (χ1) is 8.97. The van der Waals surface area contributed by atoms with Gasteiger partial charge in [-0.05, 0) is 27.4 Å². The maximum Gasteiger partial charge on any atom is 0.237 e. The molecule has 19 heavy (non-hydrogen) atoms. The van der Waals surface area contributed by atoms with E-state index in [9.17, 15) is 4.79 Å². The van der Waals surface area contributed by atoms with Gasteiger partial charge in [-0.25, -0.2) is 4.98 Å². The highest BCUT2D eigenvalue weighted by molar-refractivity contribution is 9.10. The highest BCUT2D eigenvalue weighted by Crippen LogP contribution is 2.23. The second-order valence-corrected chi connectivity index (χ2v) is 5.48. The summed E-state index contributed by atoms with van der Waals surface area (Å²) in [5.41, 5.74) is 8.32. The molecule has 0 aliphatic heterocycles. The van der Waals surface area contributed by atoms with Crippen molar-refractivity contribution in [1.82, 2.24) is 9.55 Å². The second-order valence-electron chi connectivity index (χ2n) is 4.77. The largest absolute Gasteiger partial charge is 0.368 e. The Balaban J connectivity index is 2.29. The van der Waals surface area contributed by atoms with Gasteiger partial charge in [-0.2, -0.15) is 0 Å². The zero-order valence-electron chi connectivity index (χ0n) is 10.9. The van der Waals surface area contributed by atoms with Crippen LogP contribution >= 0.6 is 15.9 Å². The predicted molar refractivity (Wildman–Crippen MR) is 78.6 cm³/mol. The number of aromatic nitrogens is 2. The lowest BCUT2D eigenvalue weighted by molar-refractivity contribution is -0.118. The number of nitrogens with zero attached hydrogens (tertiary/aromatic N) is 2. The Morgan fingerprint density at radius 3 is 2.53 bits per heavy atom. The summed E-state index contributed by atoms with van der Waals surface area (Å²) in [6, 6.07) is 8.28. The van der Waals surface area contributed by atoms with Gasteiger partial charge in [0.25, 0.3) is 0 Å². The molecule has 2 aromatic rings. The molecule has 1 aromatic heterocycles. The molecule has 4 nitrogen and oxygen atoms in total. The molecule has 0 saturated carbocycles. The summed E-state index contributed by atoms with van der Waals surface area (Å²) in [4.78, 5) is 15.3. The lowest BCUT2D eigenvalue weighted by Gasteiger charge is -2.05. The van der Waals surface area contributed by atoms with E-state index in [4.69, 9.17) is 5.73 Å². The zero-order chi connectivity index (χ0) is 14.0. The van der Waals surface area contributed by atoms with Gasteiger partial charge in [0.15, 0.2) is 4.73 Å². The lowest BCUT2D eigenvalue weighted by Crippen LogP contribution is -2.18. The van der Waals surface area contributed by atoms with Crippen LogP contribution in [0.1, 0.15) is 25.3 Å². The van der Waals surface area contributed by atoms with E-state index in [1.807, 2.05) is 18.3 Å². The molecule has 2 N–H and O–H groups in total. The van der Waals surface area contributed by atoms with Crippen molar-refractivity contribution in [2.75, 3.05) is 0 Å². The summed E-state index contributed by atoms with van der Waals surface area (Å²) in [6.07, 6.45) is 1.82. The molecular weight excluding hydrogens is 306 g/mol. The third kappa shape index (κ3) is 3.23. The van der Waals surface area contributed by atoms with Gasteiger partial charge in [-0.15, -0.1) is 0 Å². The fraction of sp³-hybridized carbons (Fsp3) is 0.286. The third-order valence-corrected chi connectivity index (χ3v) is 3.56. The number of carbonyl (C=O) groups excluding carboxylic acids is 1. The fourth-order valence-electron chi connectivity index (χ4n) is 1.85. The maximum atomic E-state index is 10.9. The number of amides is 1. The molecule has 2 rings (SSSR count). The van der Waals surface area contributed by atoms with Crippen LogP contribution in [0.3, 0.4) is 0 Å². The van der Waals surface area contributed by atoms with Crippen LogP contribution in [-0.4, -0.2) is 15.5 Å². The fourth-order valence-corrected chi connectivity index (χ4v) is 2.27. The number of nitrogens with two attached hydrogens (primary N) is 1. The number of carbonyl (C=O) groups is 1. The molecule has 0 spiro atoms. The predicted octanol–water partition coefficient (Wildman–Crippen LogP) is 2.92.